The highest BCUT2D eigenvalue weighted by molar-refractivity contribution is 7.19. The Morgan fingerprint density at radius 3 is 2.79 bits per heavy atom. The number of rotatable bonds is 8. The normalized spacial score (nSPS) is 11.1. The lowest BCUT2D eigenvalue weighted by molar-refractivity contribution is -0.118. The number of aromatic nitrogens is 2. The standard InChI is InChI=1S/C20H23N3O4S/c1-12-17(13-5-4-6-14(11-13)27-3)18-19(28-12)22-16(8-10-26-2)23(20(18)25)9-7-15(21)24/h4-6,11H,7-10H2,1-3H3,(H2,21,24). The van der Waals surface area contributed by atoms with Gasteiger partial charge in [0.25, 0.3) is 5.56 Å². The van der Waals surface area contributed by atoms with Gasteiger partial charge in [0.05, 0.1) is 19.1 Å². The maximum atomic E-state index is 13.4. The number of thiophene rings is 1. The molecule has 0 spiro atoms. The van der Waals surface area contributed by atoms with Crippen LogP contribution in [0.3, 0.4) is 0 Å². The van der Waals surface area contributed by atoms with Crippen LogP contribution in [-0.4, -0.2) is 36.3 Å². The molecule has 1 aromatic carbocycles. The van der Waals surface area contributed by atoms with Gasteiger partial charge < -0.3 is 15.2 Å². The number of nitrogens with zero attached hydrogens (tertiary/aromatic N) is 2. The number of methoxy groups -OCH3 is 2. The summed E-state index contributed by atoms with van der Waals surface area (Å²) in [5.41, 5.74) is 6.88. The maximum Gasteiger partial charge on any atom is 0.262 e. The minimum absolute atomic E-state index is 0.0741. The van der Waals surface area contributed by atoms with Gasteiger partial charge in [0.1, 0.15) is 16.4 Å². The van der Waals surface area contributed by atoms with E-state index in [1.54, 1.807) is 18.8 Å². The molecular weight excluding hydrogens is 378 g/mol. The van der Waals surface area contributed by atoms with E-state index in [0.29, 0.717) is 29.1 Å². The van der Waals surface area contributed by atoms with Gasteiger partial charge in [0, 0.05) is 36.9 Å². The van der Waals surface area contributed by atoms with Crippen LogP contribution in [0.2, 0.25) is 0 Å². The summed E-state index contributed by atoms with van der Waals surface area (Å²) >= 11 is 1.48. The molecule has 2 aromatic heterocycles. The number of aryl methyl sites for hydroxylation is 1. The summed E-state index contributed by atoms with van der Waals surface area (Å²) in [6.45, 7) is 2.60. The monoisotopic (exact) mass is 401 g/mol. The van der Waals surface area contributed by atoms with Gasteiger partial charge in [-0.15, -0.1) is 11.3 Å². The summed E-state index contributed by atoms with van der Waals surface area (Å²) in [5, 5.41) is 0.557. The number of primary amides is 1. The van der Waals surface area contributed by atoms with E-state index < -0.39 is 5.91 Å². The Bertz CT molecular complexity index is 1070. The largest absolute Gasteiger partial charge is 0.497 e. The molecule has 0 aliphatic rings. The number of hydrogen-bond donors (Lipinski definition) is 1. The quantitative estimate of drug-likeness (QED) is 0.626. The summed E-state index contributed by atoms with van der Waals surface area (Å²) < 4.78 is 12.0. The van der Waals surface area contributed by atoms with Crippen LogP contribution < -0.4 is 16.0 Å². The highest BCUT2D eigenvalue weighted by Crippen LogP contribution is 2.37. The van der Waals surface area contributed by atoms with E-state index in [1.165, 1.54) is 11.3 Å². The van der Waals surface area contributed by atoms with Gasteiger partial charge in [0.15, 0.2) is 0 Å². The van der Waals surface area contributed by atoms with Crippen molar-refractivity contribution in [1.82, 2.24) is 9.55 Å². The zero-order valence-electron chi connectivity index (χ0n) is 16.2. The van der Waals surface area contributed by atoms with Crippen LogP contribution in [0.5, 0.6) is 5.75 Å². The van der Waals surface area contributed by atoms with E-state index in [9.17, 15) is 9.59 Å². The van der Waals surface area contributed by atoms with Gasteiger partial charge in [-0.05, 0) is 24.6 Å². The van der Waals surface area contributed by atoms with Crippen LogP contribution in [0.1, 0.15) is 17.1 Å². The number of ether oxygens (including phenoxy) is 2. The Hall–Kier alpha value is -2.71. The van der Waals surface area contributed by atoms with E-state index in [4.69, 9.17) is 20.2 Å². The smallest absolute Gasteiger partial charge is 0.262 e. The molecule has 0 saturated heterocycles. The molecule has 28 heavy (non-hydrogen) atoms. The molecule has 3 aromatic rings. The average molecular weight is 401 g/mol. The van der Waals surface area contributed by atoms with E-state index in [2.05, 4.69) is 0 Å². The van der Waals surface area contributed by atoms with Crippen molar-refractivity contribution in [3.8, 4) is 16.9 Å². The lowest BCUT2D eigenvalue weighted by atomic mass is 10.0. The fourth-order valence-corrected chi connectivity index (χ4v) is 4.25. The van der Waals surface area contributed by atoms with Gasteiger partial charge in [-0.3, -0.25) is 14.2 Å². The van der Waals surface area contributed by atoms with Crippen molar-refractivity contribution in [3.05, 3.63) is 45.3 Å². The Kier molecular flexibility index (Phi) is 6.11. The van der Waals surface area contributed by atoms with Crippen LogP contribution in [0.4, 0.5) is 0 Å². The maximum absolute atomic E-state index is 13.4. The Morgan fingerprint density at radius 2 is 2.11 bits per heavy atom. The first kappa shape index (κ1) is 20.0. The fraction of sp³-hybridized carbons (Fsp3) is 0.350. The number of carbonyl (C=O) groups is 1. The lowest BCUT2D eigenvalue weighted by Crippen LogP contribution is -2.28. The van der Waals surface area contributed by atoms with Crippen LogP contribution in [0.15, 0.2) is 29.1 Å². The van der Waals surface area contributed by atoms with Crippen LogP contribution in [0.25, 0.3) is 21.3 Å². The summed E-state index contributed by atoms with van der Waals surface area (Å²) in [5.74, 6) is 0.855. The third-order valence-corrected chi connectivity index (χ3v) is 5.54. The van der Waals surface area contributed by atoms with Crippen molar-refractivity contribution in [2.75, 3.05) is 20.8 Å². The lowest BCUT2D eigenvalue weighted by Gasteiger charge is -2.12. The molecule has 0 unspecified atom stereocenters. The molecular formula is C20H23N3O4S. The average Bonchev–Trinajstić information content (AvgIpc) is 3.01. The Balaban J connectivity index is 2.23. The third kappa shape index (κ3) is 3.93. The molecule has 1 amide bonds. The molecule has 3 rings (SSSR count). The van der Waals surface area contributed by atoms with Gasteiger partial charge in [-0.25, -0.2) is 4.98 Å². The van der Waals surface area contributed by atoms with Crippen molar-refractivity contribution >= 4 is 27.5 Å². The molecule has 148 valence electrons. The molecule has 0 aliphatic carbocycles. The molecule has 0 atom stereocenters. The second-order valence-corrected chi connectivity index (χ2v) is 7.59. The first-order valence-electron chi connectivity index (χ1n) is 8.90. The van der Waals surface area contributed by atoms with Gasteiger partial charge in [-0.2, -0.15) is 0 Å². The third-order valence-electron chi connectivity index (χ3n) is 4.54. The number of carbonyl (C=O) groups excluding carboxylic acids is 1. The molecule has 2 N–H and O–H groups in total. The molecule has 0 bridgehead atoms. The summed E-state index contributed by atoms with van der Waals surface area (Å²) in [7, 11) is 3.21. The zero-order chi connectivity index (χ0) is 20.3. The first-order valence-corrected chi connectivity index (χ1v) is 9.72. The summed E-state index contributed by atoms with van der Waals surface area (Å²) in [4.78, 5) is 31.1. The molecule has 0 fully saturated rings. The number of fused-ring (bicyclic) bond motifs is 1. The van der Waals surface area contributed by atoms with E-state index in [-0.39, 0.29) is 18.5 Å². The molecule has 0 aliphatic heterocycles. The van der Waals surface area contributed by atoms with Crippen LogP contribution >= 0.6 is 11.3 Å². The number of nitrogens with two attached hydrogens (primary N) is 1. The van der Waals surface area contributed by atoms with Crippen molar-refractivity contribution in [2.24, 2.45) is 5.73 Å². The SMILES string of the molecule is COCCc1nc2sc(C)c(-c3cccc(OC)c3)c2c(=O)n1CCC(N)=O. The number of benzene rings is 1. The topological polar surface area (TPSA) is 96.4 Å². The summed E-state index contributed by atoms with van der Waals surface area (Å²) in [6.07, 6.45) is 0.552. The van der Waals surface area contributed by atoms with Crippen molar-refractivity contribution in [2.45, 2.75) is 26.3 Å². The number of hydrogen-bond acceptors (Lipinski definition) is 6. The van der Waals surface area contributed by atoms with Crippen LogP contribution in [0, 0.1) is 6.92 Å². The molecule has 8 heteroatoms. The van der Waals surface area contributed by atoms with Gasteiger partial charge >= 0.3 is 0 Å². The predicted octanol–water partition coefficient (Wildman–Crippen LogP) is 2.51. The van der Waals surface area contributed by atoms with Crippen molar-refractivity contribution in [1.29, 1.82) is 0 Å². The van der Waals surface area contributed by atoms with E-state index >= 15 is 0 Å². The minimum Gasteiger partial charge on any atom is -0.497 e. The van der Waals surface area contributed by atoms with Gasteiger partial charge in [0.2, 0.25) is 5.91 Å². The van der Waals surface area contributed by atoms with Crippen molar-refractivity contribution < 1.29 is 14.3 Å². The van der Waals surface area contributed by atoms with E-state index in [0.717, 1.165) is 21.8 Å². The predicted molar refractivity (Wildman–Crippen MR) is 110 cm³/mol. The minimum atomic E-state index is -0.459. The second-order valence-electron chi connectivity index (χ2n) is 6.39. The summed E-state index contributed by atoms with van der Waals surface area (Å²) in [6, 6.07) is 7.60. The fourth-order valence-electron chi connectivity index (χ4n) is 3.20. The first-order chi connectivity index (χ1) is 13.5. The molecule has 7 nitrogen and oxygen atoms in total. The Labute approximate surface area is 166 Å². The molecule has 0 radical (unpaired) electrons. The Morgan fingerprint density at radius 1 is 1.32 bits per heavy atom. The molecule has 0 saturated carbocycles. The molecule has 2 heterocycles. The number of amides is 1. The van der Waals surface area contributed by atoms with E-state index in [1.807, 2.05) is 31.2 Å². The highest BCUT2D eigenvalue weighted by atomic mass is 32.1. The van der Waals surface area contributed by atoms with Crippen LogP contribution in [-0.2, 0) is 22.5 Å². The second kappa shape index (κ2) is 8.53. The van der Waals surface area contributed by atoms with Crippen molar-refractivity contribution in [3.63, 3.8) is 0 Å². The zero-order valence-corrected chi connectivity index (χ0v) is 17.0. The highest BCUT2D eigenvalue weighted by Gasteiger charge is 2.20. The van der Waals surface area contributed by atoms with Gasteiger partial charge in [-0.1, -0.05) is 12.1 Å².